The second-order valence-corrected chi connectivity index (χ2v) is 5.99. The molecular formula is C15H17F3N4O2. The Morgan fingerprint density at radius 1 is 1.50 bits per heavy atom. The third-order valence-electron chi connectivity index (χ3n) is 3.79. The molecule has 1 aliphatic rings. The van der Waals surface area contributed by atoms with Crippen molar-refractivity contribution in [3.63, 3.8) is 0 Å². The number of alkyl halides is 3. The van der Waals surface area contributed by atoms with E-state index in [-0.39, 0.29) is 23.8 Å². The van der Waals surface area contributed by atoms with Crippen molar-refractivity contribution in [3.8, 4) is 0 Å². The maximum atomic E-state index is 13.4. The minimum Gasteiger partial charge on any atom is -0.467 e. The summed E-state index contributed by atoms with van der Waals surface area (Å²) in [6, 6.07) is 0.546. The maximum absolute atomic E-state index is 13.4. The van der Waals surface area contributed by atoms with Crippen molar-refractivity contribution in [2.24, 2.45) is 0 Å². The van der Waals surface area contributed by atoms with Gasteiger partial charge in [0.1, 0.15) is 17.1 Å². The summed E-state index contributed by atoms with van der Waals surface area (Å²) in [4.78, 5) is 12.2. The summed E-state index contributed by atoms with van der Waals surface area (Å²) in [5, 5.41) is 9.40. The number of fused-ring (bicyclic) bond motifs is 1. The van der Waals surface area contributed by atoms with Gasteiger partial charge in [0.25, 0.3) is 5.91 Å². The number of amides is 1. The van der Waals surface area contributed by atoms with Crippen molar-refractivity contribution in [3.05, 3.63) is 35.9 Å². The standard InChI is InChI=1S/C15H17F3N4O2/c1-8(2)20-14(23)9-7-19-22-12(15(16,17)18)6-10(21-13(9)22)11-4-3-5-24-11/h3-5,7-8,10,12,21H,6H2,1-2H3,(H,20,23). The number of hydrogen-bond donors (Lipinski definition) is 2. The normalized spacial score (nSPS) is 20.6. The smallest absolute Gasteiger partial charge is 0.410 e. The Labute approximate surface area is 136 Å². The van der Waals surface area contributed by atoms with E-state index in [1.807, 2.05) is 0 Å². The molecule has 1 amide bonds. The van der Waals surface area contributed by atoms with Gasteiger partial charge in [-0.25, -0.2) is 4.68 Å². The molecule has 6 nitrogen and oxygen atoms in total. The SMILES string of the molecule is CC(C)NC(=O)c1cnn2c1NC(c1ccco1)CC2C(F)(F)F. The molecule has 3 rings (SSSR count). The van der Waals surface area contributed by atoms with E-state index in [2.05, 4.69) is 15.7 Å². The zero-order chi connectivity index (χ0) is 17.5. The van der Waals surface area contributed by atoms with Crippen LogP contribution in [0.3, 0.4) is 0 Å². The van der Waals surface area contributed by atoms with Crippen molar-refractivity contribution in [1.29, 1.82) is 0 Å². The summed E-state index contributed by atoms with van der Waals surface area (Å²) in [5.74, 6) is -0.0465. The average molecular weight is 342 g/mol. The molecule has 24 heavy (non-hydrogen) atoms. The van der Waals surface area contributed by atoms with Gasteiger partial charge in [0, 0.05) is 12.5 Å². The molecule has 2 aromatic rings. The molecule has 2 aromatic heterocycles. The molecule has 9 heteroatoms. The molecule has 3 heterocycles. The van der Waals surface area contributed by atoms with Crippen LogP contribution in [0.2, 0.25) is 0 Å². The van der Waals surface area contributed by atoms with Crippen molar-refractivity contribution in [1.82, 2.24) is 15.1 Å². The molecule has 0 aromatic carbocycles. The molecule has 0 spiro atoms. The molecule has 0 aliphatic carbocycles. The van der Waals surface area contributed by atoms with Gasteiger partial charge in [-0.2, -0.15) is 18.3 Å². The lowest BCUT2D eigenvalue weighted by molar-refractivity contribution is -0.174. The number of furan rings is 1. The van der Waals surface area contributed by atoms with E-state index in [1.165, 1.54) is 6.26 Å². The Kier molecular flexibility index (Phi) is 4.02. The fourth-order valence-electron chi connectivity index (χ4n) is 2.74. The van der Waals surface area contributed by atoms with Gasteiger partial charge in [0.2, 0.25) is 0 Å². The van der Waals surface area contributed by atoms with Crippen LogP contribution in [-0.2, 0) is 0 Å². The van der Waals surface area contributed by atoms with Crippen LogP contribution in [0.5, 0.6) is 0 Å². The first-order valence-corrected chi connectivity index (χ1v) is 7.52. The zero-order valence-electron chi connectivity index (χ0n) is 13.1. The number of carbonyl (C=O) groups is 1. The number of nitrogens with one attached hydrogen (secondary N) is 2. The van der Waals surface area contributed by atoms with Gasteiger partial charge in [-0.1, -0.05) is 0 Å². The molecule has 0 radical (unpaired) electrons. The van der Waals surface area contributed by atoms with Gasteiger partial charge in [-0.15, -0.1) is 0 Å². The van der Waals surface area contributed by atoms with Crippen LogP contribution in [0.25, 0.3) is 0 Å². The van der Waals surface area contributed by atoms with E-state index in [1.54, 1.807) is 26.0 Å². The van der Waals surface area contributed by atoms with Gasteiger partial charge in [0.05, 0.1) is 18.5 Å². The largest absolute Gasteiger partial charge is 0.467 e. The van der Waals surface area contributed by atoms with Crippen molar-refractivity contribution >= 4 is 11.7 Å². The minimum absolute atomic E-state index is 0.0446. The first kappa shape index (κ1) is 16.4. The number of nitrogens with zero attached hydrogens (tertiary/aromatic N) is 2. The van der Waals surface area contributed by atoms with E-state index in [4.69, 9.17) is 4.42 Å². The Bertz CT molecular complexity index is 722. The fraction of sp³-hybridized carbons (Fsp3) is 0.467. The van der Waals surface area contributed by atoms with Crippen molar-refractivity contribution in [2.75, 3.05) is 5.32 Å². The summed E-state index contributed by atoms with van der Waals surface area (Å²) in [7, 11) is 0. The molecule has 0 saturated carbocycles. The number of rotatable bonds is 3. The topological polar surface area (TPSA) is 72.1 Å². The van der Waals surface area contributed by atoms with Gasteiger partial charge in [0.15, 0.2) is 6.04 Å². The second kappa shape index (κ2) is 5.88. The first-order chi connectivity index (χ1) is 11.3. The molecule has 0 saturated heterocycles. The monoisotopic (exact) mass is 342 g/mol. The predicted octanol–water partition coefficient (Wildman–Crippen LogP) is 3.27. The van der Waals surface area contributed by atoms with E-state index >= 15 is 0 Å². The summed E-state index contributed by atoms with van der Waals surface area (Å²) in [5.41, 5.74) is 0.0780. The third kappa shape index (κ3) is 2.98. The van der Waals surface area contributed by atoms with Crippen LogP contribution < -0.4 is 10.6 Å². The van der Waals surface area contributed by atoms with Gasteiger partial charge in [-0.05, 0) is 26.0 Å². The molecule has 2 atom stereocenters. The van der Waals surface area contributed by atoms with Crippen LogP contribution in [0.15, 0.2) is 29.0 Å². The number of hydrogen-bond acceptors (Lipinski definition) is 4. The lowest BCUT2D eigenvalue weighted by atomic mass is 10.0. The number of halogens is 3. The van der Waals surface area contributed by atoms with Gasteiger partial charge in [-0.3, -0.25) is 4.79 Å². The Morgan fingerprint density at radius 3 is 2.83 bits per heavy atom. The van der Waals surface area contributed by atoms with Gasteiger partial charge >= 0.3 is 6.18 Å². The minimum atomic E-state index is -4.49. The molecule has 0 fully saturated rings. The Hall–Kier alpha value is -2.45. The fourth-order valence-corrected chi connectivity index (χ4v) is 2.74. The second-order valence-electron chi connectivity index (χ2n) is 5.99. The highest BCUT2D eigenvalue weighted by molar-refractivity contribution is 5.99. The lowest BCUT2D eigenvalue weighted by Crippen LogP contribution is -2.37. The van der Waals surface area contributed by atoms with Crippen LogP contribution in [0.1, 0.15) is 48.5 Å². The number of carbonyl (C=O) groups excluding carboxylic acids is 1. The first-order valence-electron chi connectivity index (χ1n) is 7.52. The van der Waals surface area contributed by atoms with Gasteiger partial charge < -0.3 is 15.1 Å². The number of anilines is 1. The van der Waals surface area contributed by atoms with Crippen LogP contribution in [-0.4, -0.2) is 27.9 Å². The van der Waals surface area contributed by atoms with Crippen LogP contribution in [0, 0.1) is 0 Å². The van der Waals surface area contributed by atoms with E-state index < -0.39 is 24.2 Å². The summed E-state index contributed by atoms with van der Waals surface area (Å²) < 4.78 is 46.4. The Balaban J connectivity index is 2.00. The Morgan fingerprint density at radius 2 is 2.25 bits per heavy atom. The van der Waals surface area contributed by atoms with Crippen molar-refractivity contribution < 1.29 is 22.4 Å². The molecule has 2 unspecified atom stereocenters. The molecular weight excluding hydrogens is 325 g/mol. The predicted molar refractivity (Wildman–Crippen MR) is 79.6 cm³/mol. The third-order valence-corrected chi connectivity index (χ3v) is 3.79. The molecule has 1 aliphatic heterocycles. The van der Waals surface area contributed by atoms with E-state index in [9.17, 15) is 18.0 Å². The maximum Gasteiger partial charge on any atom is 0.410 e. The van der Waals surface area contributed by atoms with E-state index in [0.29, 0.717) is 5.76 Å². The number of aromatic nitrogens is 2. The summed E-state index contributed by atoms with van der Waals surface area (Å²) in [6.45, 7) is 3.54. The molecule has 2 N–H and O–H groups in total. The highest BCUT2D eigenvalue weighted by Gasteiger charge is 2.47. The molecule has 130 valence electrons. The quantitative estimate of drug-likeness (QED) is 0.898. The average Bonchev–Trinajstić information content (AvgIpc) is 3.13. The van der Waals surface area contributed by atoms with E-state index in [0.717, 1.165) is 10.9 Å². The van der Waals surface area contributed by atoms with Crippen LogP contribution >= 0.6 is 0 Å². The lowest BCUT2D eigenvalue weighted by Gasteiger charge is -2.32. The summed E-state index contributed by atoms with van der Waals surface area (Å²) in [6.07, 6.45) is -2.20. The van der Waals surface area contributed by atoms with Crippen molar-refractivity contribution in [2.45, 2.75) is 44.6 Å². The highest BCUT2D eigenvalue weighted by Crippen LogP contribution is 2.44. The summed E-state index contributed by atoms with van der Waals surface area (Å²) >= 11 is 0. The highest BCUT2D eigenvalue weighted by atomic mass is 19.4. The molecule has 0 bridgehead atoms. The zero-order valence-corrected chi connectivity index (χ0v) is 13.1. The van der Waals surface area contributed by atoms with Crippen LogP contribution in [0.4, 0.5) is 19.0 Å².